The minimum Gasteiger partial charge on any atom is -0.389 e. The van der Waals surface area contributed by atoms with Gasteiger partial charge in [-0.25, -0.2) is 0 Å². The van der Waals surface area contributed by atoms with Gasteiger partial charge in [0, 0.05) is 11.8 Å². The van der Waals surface area contributed by atoms with E-state index in [1.165, 1.54) is 0 Å². The quantitative estimate of drug-likeness (QED) is 0.788. The molecule has 3 rings (SSSR count). The number of ether oxygens (including phenoxy) is 2. The van der Waals surface area contributed by atoms with Crippen LogP contribution in [0.4, 0.5) is 0 Å². The van der Waals surface area contributed by atoms with Gasteiger partial charge in [0.1, 0.15) is 0 Å². The van der Waals surface area contributed by atoms with Gasteiger partial charge in [0.05, 0.1) is 32.0 Å². The average molecular weight is 336 g/mol. The Morgan fingerprint density at radius 1 is 0.960 bits per heavy atom. The molecule has 2 aromatic rings. The van der Waals surface area contributed by atoms with Gasteiger partial charge < -0.3 is 14.6 Å². The number of terminal acetylenes is 1. The van der Waals surface area contributed by atoms with E-state index in [2.05, 4.69) is 5.92 Å². The molecule has 25 heavy (non-hydrogen) atoms. The van der Waals surface area contributed by atoms with Crippen LogP contribution in [0.25, 0.3) is 0 Å². The number of aliphatic hydroxyl groups excluding tert-OH is 1. The molecule has 0 saturated heterocycles. The predicted molar refractivity (Wildman–Crippen MR) is 97.6 cm³/mol. The first kappa shape index (κ1) is 17.7. The van der Waals surface area contributed by atoms with Crippen LogP contribution in [-0.2, 0) is 22.7 Å². The van der Waals surface area contributed by atoms with E-state index in [0.29, 0.717) is 19.8 Å². The predicted octanol–water partition coefficient (Wildman–Crippen LogP) is 3.42. The molecule has 0 unspecified atom stereocenters. The van der Waals surface area contributed by atoms with Crippen molar-refractivity contribution >= 4 is 0 Å². The monoisotopic (exact) mass is 336 g/mol. The third kappa shape index (κ3) is 4.70. The first-order chi connectivity index (χ1) is 12.3. The summed E-state index contributed by atoms with van der Waals surface area (Å²) in [6.45, 7) is 1.55. The second-order valence-electron chi connectivity index (χ2n) is 6.52. The number of rotatable bonds is 7. The molecule has 130 valence electrons. The van der Waals surface area contributed by atoms with Gasteiger partial charge in [0.25, 0.3) is 0 Å². The summed E-state index contributed by atoms with van der Waals surface area (Å²) in [5.41, 5.74) is 2.22. The number of benzene rings is 2. The zero-order valence-electron chi connectivity index (χ0n) is 14.3. The fourth-order valence-corrected chi connectivity index (χ4v) is 3.34. The Balaban J connectivity index is 1.56. The van der Waals surface area contributed by atoms with Crippen LogP contribution in [0.1, 0.15) is 17.5 Å². The lowest BCUT2D eigenvalue weighted by Gasteiger charge is -2.23. The molecule has 1 aliphatic carbocycles. The maximum Gasteiger partial charge on any atom is 0.0942 e. The Kier molecular flexibility index (Phi) is 6.25. The van der Waals surface area contributed by atoms with E-state index < -0.39 is 6.10 Å². The maximum absolute atomic E-state index is 10.5. The van der Waals surface area contributed by atoms with E-state index in [0.717, 1.165) is 17.5 Å². The second-order valence-corrected chi connectivity index (χ2v) is 6.52. The molecule has 1 saturated carbocycles. The molecular formula is C22H24O3. The van der Waals surface area contributed by atoms with E-state index in [9.17, 15) is 5.11 Å². The highest BCUT2D eigenvalue weighted by Gasteiger charge is 2.42. The van der Waals surface area contributed by atoms with Crippen molar-refractivity contribution in [3.8, 4) is 12.3 Å². The topological polar surface area (TPSA) is 38.7 Å². The molecule has 0 aliphatic heterocycles. The van der Waals surface area contributed by atoms with Crippen LogP contribution in [0.3, 0.4) is 0 Å². The Labute approximate surface area is 149 Å². The van der Waals surface area contributed by atoms with Crippen LogP contribution in [-0.4, -0.2) is 23.9 Å². The van der Waals surface area contributed by atoms with Crippen molar-refractivity contribution in [2.24, 2.45) is 11.8 Å². The van der Waals surface area contributed by atoms with Crippen molar-refractivity contribution in [1.29, 1.82) is 0 Å². The van der Waals surface area contributed by atoms with Crippen molar-refractivity contribution < 1.29 is 14.6 Å². The smallest absolute Gasteiger partial charge is 0.0942 e. The molecule has 0 heterocycles. The summed E-state index contributed by atoms with van der Waals surface area (Å²) in [5.74, 6) is 2.62. The Morgan fingerprint density at radius 3 is 2.16 bits per heavy atom. The van der Waals surface area contributed by atoms with Crippen molar-refractivity contribution in [3.63, 3.8) is 0 Å². The summed E-state index contributed by atoms with van der Waals surface area (Å²) >= 11 is 0. The summed E-state index contributed by atoms with van der Waals surface area (Å²) in [6.07, 6.45) is 5.36. The van der Waals surface area contributed by atoms with E-state index in [1.807, 2.05) is 60.7 Å². The average Bonchev–Trinajstić information content (AvgIpc) is 2.97. The van der Waals surface area contributed by atoms with E-state index >= 15 is 0 Å². The molecule has 1 N–H and O–H groups in total. The SMILES string of the molecule is C#C[C@@H]1C[C@@H](COCc2ccccc2)[C@@H](OCc2ccccc2)[C@H]1O. The lowest BCUT2D eigenvalue weighted by molar-refractivity contribution is -0.0696. The summed E-state index contributed by atoms with van der Waals surface area (Å²) in [5, 5.41) is 10.5. The molecule has 4 atom stereocenters. The molecule has 0 radical (unpaired) electrons. The fourth-order valence-electron chi connectivity index (χ4n) is 3.34. The Morgan fingerprint density at radius 2 is 1.56 bits per heavy atom. The summed E-state index contributed by atoms with van der Waals surface area (Å²) in [4.78, 5) is 0. The van der Waals surface area contributed by atoms with Crippen molar-refractivity contribution in [2.45, 2.75) is 31.8 Å². The van der Waals surface area contributed by atoms with E-state index in [1.54, 1.807) is 0 Å². The Bertz CT molecular complexity index is 677. The molecule has 0 aromatic heterocycles. The van der Waals surface area contributed by atoms with Gasteiger partial charge in [0.15, 0.2) is 0 Å². The standard InChI is InChI=1S/C22H24O3/c1-2-19-13-20(16-24-14-17-9-5-3-6-10-17)22(21(19)23)25-15-18-11-7-4-8-12-18/h1,3-12,19-23H,13-16H2/t19-,20+,21+,22-/m1/s1. The fraction of sp³-hybridized carbons (Fsp3) is 0.364. The third-order valence-corrected chi connectivity index (χ3v) is 4.71. The van der Waals surface area contributed by atoms with E-state index in [4.69, 9.17) is 15.9 Å². The van der Waals surface area contributed by atoms with Gasteiger partial charge in [0.2, 0.25) is 0 Å². The van der Waals surface area contributed by atoms with Gasteiger partial charge in [-0.05, 0) is 17.5 Å². The van der Waals surface area contributed by atoms with E-state index in [-0.39, 0.29) is 17.9 Å². The van der Waals surface area contributed by atoms with Gasteiger partial charge in [-0.3, -0.25) is 0 Å². The van der Waals surface area contributed by atoms with Crippen LogP contribution in [0.5, 0.6) is 0 Å². The molecular weight excluding hydrogens is 312 g/mol. The molecule has 0 spiro atoms. The normalized spacial score (nSPS) is 25.6. The molecule has 3 nitrogen and oxygen atoms in total. The molecule has 1 aliphatic rings. The summed E-state index contributed by atoms with van der Waals surface area (Å²) < 4.78 is 11.9. The minimum atomic E-state index is -0.640. The van der Waals surface area contributed by atoms with Gasteiger partial charge >= 0.3 is 0 Å². The first-order valence-electron chi connectivity index (χ1n) is 8.69. The van der Waals surface area contributed by atoms with Crippen LogP contribution in [0, 0.1) is 24.2 Å². The lowest BCUT2D eigenvalue weighted by Crippen LogP contribution is -2.32. The zero-order chi connectivity index (χ0) is 17.5. The van der Waals surface area contributed by atoms with Gasteiger partial charge in [-0.2, -0.15) is 0 Å². The van der Waals surface area contributed by atoms with Crippen LogP contribution in [0.2, 0.25) is 0 Å². The summed E-state index contributed by atoms with van der Waals surface area (Å²) in [6, 6.07) is 20.0. The van der Waals surface area contributed by atoms with Crippen molar-refractivity contribution in [1.82, 2.24) is 0 Å². The first-order valence-corrected chi connectivity index (χ1v) is 8.69. The highest BCUT2D eigenvalue weighted by molar-refractivity contribution is 5.14. The molecule has 1 fully saturated rings. The molecule has 3 heteroatoms. The number of hydrogen-bond acceptors (Lipinski definition) is 3. The second kappa shape index (κ2) is 8.82. The highest BCUT2D eigenvalue weighted by atomic mass is 16.5. The number of hydrogen-bond donors (Lipinski definition) is 1. The molecule has 2 aromatic carbocycles. The van der Waals surface area contributed by atoms with Gasteiger partial charge in [-0.15, -0.1) is 12.3 Å². The highest BCUT2D eigenvalue weighted by Crippen LogP contribution is 2.34. The lowest BCUT2D eigenvalue weighted by atomic mass is 10.1. The van der Waals surface area contributed by atoms with Crippen molar-refractivity contribution in [2.75, 3.05) is 6.61 Å². The van der Waals surface area contributed by atoms with Crippen LogP contribution < -0.4 is 0 Å². The maximum atomic E-state index is 10.5. The summed E-state index contributed by atoms with van der Waals surface area (Å²) in [7, 11) is 0. The van der Waals surface area contributed by atoms with Crippen LogP contribution >= 0.6 is 0 Å². The molecule has 0 amide bonds. The van der Waals surface area contributed by atoms with Crippen molar-refractivity contribution in [3.05, 3.63) is 71.8 Å². The van der Waals surface area contributed by atoms with Gasteiger partial charge in [-0.1, -0.05) is 60.7 Å². The largest absolute Gasteiger partial charge is 0.389 e. The molecule has 0 bridgehead atoms. The van der Waals surface area contributed by atoms with Crippen LogP contribution in [0.15, 0.2) is 60.7 Å². The third-order valence-electron chi connectivity index (χ3n) is 4.71. The Hall–Kier alpha value is -2.12. The number of aliphatic hydroxyl groups is 1. The zero-order valence-corrected chi connectivity index (χ0v) is 14.3. The minimum absolute atomic E-state index is 0.100.